The van der Waals surface area contributed by atoms with Gasteiger partial charge in [0.15, 0.2) is 11.4 Å². The summed E-state index contributed by atoms with van der Waals surface area (Å²) < 4.78 is 66.6. The number of carbonyl (C=O) groups excluding carboxylic acids is 1. The second kappa shape index (κ2) is 11.3. The second-order valence-electron chi connectivity index (χ2n) is 8.45. The van der Waals surface area contributed by atoms with E-state index in [2.05, 4.69) is 15.6 Å². The molecule has 1 aromatic carbocycles. The number of alkyl halides is 3. The van der Waals surface area contributed by atoms with Crippen molar-refractivity contribution in [1.82, 2.24) is 20.0 Å². The van der Waals surface area contributed by atoms with Crippen molar-refractivity contribution in [2.24, 2.45) is 0 Å². The van der Waals surface area contributed by atoms with Crippen molar-refractivity contribution < 1.29 is 51.3 Å². The van der Waals surface area contributed by atoms with Crippen molar-refractivity contribution in [2.75, 3.05) is 6.54 Å². The van der Waals surface area contributed by atoms with Gasteiger partial charge in [0, 0.05) is 18.8 Å². The Morgan fingerprint density at radius 2 is 1.77 bits per heavy atom. The first-order valence-electron chi connectivity index (χ1n) is 11.0. The summed E-state index contributed by atoms with van der Waals surface area (Å²) in [7, 11) is 0. The molecule has 1 aliphatic rings. The number of pyridine rings is 1. The third-order valence-electron chi connectivity index (χ3n) is 5.53. The fourth-order valence-electron chi connectivity index (χ4n) is 3.45. The number of fused-ring (bicyclic) bond motifs is 1. The second-order valence-corrected chi connectivity index (χ2v) is 8.88. The molecule has 10 nitrogen and oxygen atoms in total. The van der Waals surface area contributed by atoms with Gasteiger partial charge in [-0.3, -0.25) is 9.20 Å². The fourth-order valence-corrected chi connectivity index (χ4v) is 3.65. The Bertz CT molecular complexity index is 1400. The average Bonchev–Trinajstić information content (AvgIpc) is 3.49. The third-order valence-corrected chi connectivity index (χ3v) is 5.74. The van der Waals surface area contributed by atoms with E-state index in [-0.39, 0.29) is 34.2 Å². The van der Waals surface area contributed by atoms with Gasteiger partial charge < -0.3 is 25.6 Å². The van der Waals surface area contributed by atoms with Gasteiger partial charge in [0.25, 0.3) is 5.91 Å². The maximum absolute atomic E-state index is 13.9. The molecule has 4 rings (SSSR count). The molecule has 2 aromatic heterocycles. The third kappa shape index (κ3) is 7.25. The number of hydrogen-bond acceptors (Lipinski definition) is 5. The molecule has 1 fully saturated rings. The number of imidazole rings is 1. The lowest BCUT2D eigenvalue weighted by Gasteiger charge is -2.16. The molecule has 0 aliphatic heterocycles. The summed E-state index contributed by atoms with van der Waals surface area (Å²) in [4.78, 5) is 37.0. The van der Waals surface area contributed by atoms with Crippen LogP contribution in [0, 0.1) is 18.6 Å². The Kier molecular flexibility index (Phi) is 8.53. The normalized spacial score (nSPS) is 13.7. The minimum atomic E-state index is -5.08. The van der Waals surface area contributed by atoms with Crippen LogP contribution >= 0.6 is 11.6 Å². The minimum Gasteiger partial charge on any atom is -0.485 e. The summed E-state index contributed by atoms with van der Waals surface area (Å²) >= 11 is 6.19. The van der Waals surface area contributed by atoms with Gasteiger partial charge in [-0.15, -0.1) is 0 Å². The summed E-state index contributed by atoms with van der Waals surface area (Å²) in [6.07, 6.45) is -3.50. The maximum atomic E-state index is 13.9. The van der Waals surface area contributed by atoms with Crippen LogP contribution in [0.3, 0.4) is 0 Å². The van der Waals surface area contributed by atoms with E-state index in [1.54, 1.807) is 6.92 Å². The molecule has 0 saturated heterocycles. The van der Waals surface area contributed by atoms with Crippen LogP contribution < -0.4 is 15.4 Å². The number of carboxylic acids is 1. The monoisotopic (exact) mass is 578 g/mol. The molecule has 2 heterocycles. The molecule has 0 atom stereocenters. The zero-order valence-corrected chi connectivity index (χ0v) is 20.7. The number of aromatic nitrogens is 2. The predicted molar refractivity (Wildman–Crippen MR) is 125 cm³/mol. The van der Waals surface area contributed by atoms with E-state index in [1.807, 2.05) is 0 Å². The lowest BCUT2D eigenvalue weighted by atomic mass is 10.2. The molecule has 210 valence electrons. The largest absolute Gasteiger partial charge is 0.490 e. The smallest absolute Gasteiger partial charge is 0.485 e. The summed E-state index contributed by atoms with van der Waals surface area (Å²) in [6.45, 7) is 1.35. The molecule has 1 saturated carbocycles. The molecular formula is C23H20ClF5N4O6. The van der Waals surface area contributed by atoms with Crippen LogP contribution in [-0.2, 0) is 11.4 Å². The van der Waals surface area contributed by atoms with Gasteiger partial charge >= 0.3 is 18.2 Å². The SMILES string of the molecule is Cc1nc2c(OCc3c(F)cccc3F)cc(Cl)cn2c1C(=O)NCC1(NC(=O)O)CC1.O=C(O)C(F)(F)F. The average molecular weight is 579 g/mol. The van der Waals surface area contributed by atoms with E-state index < -0.39 is 47.9 Å². The number of carbonyl (C=O) groups is 3. The number of ether oxygens (including phenoxy) is 1. The van der Waals surface area contributed by atoms with Gasteiger partial charge in [0.2, 0.25) is 0 Å². The Hall–Kier alpha value is -4.14. The maximum Gasteiger partial charge on any atom is 0.490 e. The first-order chi connectivity index (χ1) is 18.1. The van der Waals surface area contributed by atoms with Crippen molar-refractivity contribution in [3.05, 3.63) is 64.1 Å². The predicted octanol–water partition coefficient (Wildman–Crippen LogP) is 4.32. The number of aryl methyl sites for hydroxylation is 1. The van der Waals surface area contributed by atoms with Gasteiger partial charge in [0.1, 0.15) is 23.9 Å². The number of halogens is 6. The first-order valence-corrected chi connectivity index (χ1v) is 11.3. The van der Waals surface area contributed by atoms with E-state index in [1.165, 1.54) is 22.7 Å². The van der Waals surface area contributed by atoms with E-state index in [4.69, 9.17) is 31.3 Å². The highest BCUT2D eigenvalue weighted by Gasteiger charge is 2.44. The Balaban J connectivity index is 0.000000532. The summed E-state index contributed by atoms with van der Waals surface area (Å²) in [5, 5.41) is 21.4. The van der Waals surface area contributed by atoms with Crippen LogP contribution in [-0.4, -0.2) is 55.8 Å². The number of rotatable bonds is 7. The van der Waals surface area contributed by atoms with Crippen molar-refractivity contribution in [2.45, 2.75) is 38.1 Å². The van der Waals surface area contributed by atoms with Crippen LogP contribution in [0.5, 0.6) is 5.75 Å². The van der Waals surface area contributed by atoms with Crippen LogP contribution in [0.4, 0.5) is 26.7 Å². The van der Waals surface area contributed by atoms with Crippen molar-refractivity contribution in [3.8, 4) is 5.75 Å². The molecule has 1 aliphatic carbocycles. The molecular weight excluding hydrogens is 559 g/mol. The van der Waals surface area contributed by atoms with Crippen LogP contribution in [0.1, 0.15) is 34.6 Å². The number of nitrogens with one attached hydrogen (secondary N) is 2. The zero-order valence-electron chi connectivity index (χ0n) is 19.9. The van der Waals surface area contributed by atoms with E-state index in [9.17, 15) is 31.5 Å². The number of hydrogen-bond donors (Lipinski definition) is 4. The van der Waals surface area contributed by atoms with Gasteiger partial charge in [-0.05, 0) is 31.9 Å². The molecule has 0 bridgehead atoms. The lowest BCUT2D eigenvalue weighted by Crippen LogP contribution is -2.45. The van der Waals surface area contributed by atoms with E-state index in [0.717, 1.165) is 12.1 Å². The van der Waals surface area contributed by atoms with Gasteiger partial charge in [-0.1, -0.05) is 17.7 Å². The quantitative estimate of drug-likeness (QED) is 0.306. The topological polar surface area (TPSA) is 142 Å². The van der Waals surface area contributed by atoms with E-state index in [0.29, 0.717) is 18.5 Å². The van der Waals surface area contributed by atoms with Gasteiger partial charge in [-0.25, -0.2) is 23.4 Å². The molecule has 39 heavy (non-hydrogen) atoms. The van der Waals surface area contributed by atoms with Crippen molar-refractivity contribution >= 4 is 35.2 Å². The zero-order chi connectivity index (χ0) is 29.1. The van der Waals surface area contributed by atoms with Gasteiger partial charge in [-0.2, -0.15) is 13.2 Å². The highest BCUT2D eigenvalue weighted by molar-refractivity contribution is 6.30. The van der Waals surface area contributed by atoms with Crippen LogP contribution in [0.25, 0.3) is 5.65 Å². The van der Waals surface area contributed by atoms with Gasteiger partial charge in [0.05, 0.1) is 21.8 Å². The number of benzene rings is 1. The highest BCUT2D eigenvalue weighted by Crippen LogP contribution is 2.34. The number of amides is 2. The molecule has 16 heteroatoms. The highest BCUT2D eigenvalue weighted by atomic mass is 35.5. The summed E-state index contributed by atoms with van der Waals surface area (Å²) in [6, 6.07) is 4.96. The molecule has 2 amide bonds. The van der Waals surface area contributed by atoms with Crippen LogP contribution in [0.15, 0.2) is 30.5 Å². The first kappa shape index (κ1) is 29.4. The van der Waals surface area contributed by atoms with Crippen molar-refractivity contribution in [1.29, 1.82) is 0 Å². The fraction of sp³-hybridized carbons (Fsp3) is 0.304. The number of aliphatic carboxylic acids is 1. The molecule has 0 spiro atoms. The molecule has 4 N–H and O–H groups in total. The number of carboxylic acid groups (broad SMARTS) is 2. The Labute approximate surface area is 221 Å². The minimum absolute atomic E-state index is 0.126. The lowest BCUT2D eigenvalue weighted by molar-refractivity contribution is -0.192. The molecule has 0 radical (unpaired) electrons. The summed E-state index contributed by atoms with van der Waals surface area (Å²) in [5.41, 5.74) is -0.0876. The Morgan fingerprint density at radius 3 is 2.28 bits per heavy atom. The Morgan fingerprint density at radius 1 is 1.18 bits per heavy atom. The standard InChI is InChI=1S/C21H19ClF2N4O4.C2HF3O2/c1-11-17(19(29)25-10-21(5-6-21)27-20(30)31)28-8-12(22)7-16(18(28)26-11)32-9-13-14(23)3-2-4-15(13)24;3-2(4,5)1(6)7/h2-4,7-8,27H,5-6,9-10H2,1H3,(H,25,29)(H,30,31);(H,6,7). The molecule has 3 aromatic rings. The van der Waals surface area contributed by atoms with Crippen molar-refractivity contribution in [3.63, 3.8) is 0 Å². The van der Waals surface area contributed by atoms with Crippen LogP contribution in [0.2, 0.25) is 5.02 Å². The summed E-state index contributed by atoms with van der Waals surface area (Å²) in [5.74, 6) is -4.57. The number of nitrogens with zero attached hydrogens (tertiary/aromatic N) is 2. The van der Waals surface area contributed by atoms with E-state index >= 15 is 0 Å². The molecule has 0 unspecified atom stereocenters.